The van der Waals surface area contributed by atoms with Crippen LogP contribution in [0.2, 0.25) is 0 Å². The minimum Gasteiger partial charge on any atom is -0.378 e. The van der Waals surface area contributed by atoms with Crippen LogP contribution in [0.3, 0.4) is 0 Å². The van der Waals surface area contributed by atoms with E-state index in [4.69, 9.17) is 15.2 Å². The van der Waals surface area contributed by atoms with Gasteiger partial charge in [0.1, 0.15) is 0 Å². The molecule has 0 aliphatic carbocycles. The SMILES string of the molecule is NCCOCCOCCN[C]=O. The predicted molar refractivity (Wildman–Crippen MR) is 44.4 cm³/mol. The van der Waals surface area contributed by atoms with E-state index in [9.17, 15) is 4.79 Å². The van der Waals surface area contributed by atoms with Crippen molar-refractivity contribution in [2.45, 2.75) is 0 Å². The fourth-order valence-electron chi connectivity index (χ4n) is 0.580. The Morgan fingerprint density at radius 2 is 1.83 bits per heavy atom. The highest BCUT2D eigenvalue weighted by Gasteiger charge is 1.88. The van der Waals surface area contributed by atoms with Crippen LogP contribution in [0.25, 0.3) is 0 Å². The van der Waals surface area contributed by atoms with E-state index in [0.29, 0.717) is 39.5 Å². The van der Waals surface area contributed by atoms with Gasteiger partial charge in [-0.1, -0.05) is 0 Å². The number of nitrogens with two attached hydrogens (primary N) is 1. The molecule has 1 amide bonds. The van der Waals surface area contributed by atoms with Crippen LogP contribution >= 0.6 is 0 Å². The summed E-state index contributed by atoms with van der Waals surface area (Å²) in [4.78, 5) is 9.65. The highest BCUT2D eigenvalue weighted by atomic mass is 16.5. The van der Waals surface area contributed by atoms with Gasteiger partial charge in [-0.2, -0.15) is 0 Å². The number of amides is 1. The molecule has 3 N–H and O–H groups in total. The molecule has 0 aromatic rings. The molecule has 0 saturated heterocycles. The predicted octanol–water partition coefficient (Wildman–Crippen LogP) is -1.36. The van der Waals surface area contributed by atoms with Crippen LogP contribution in [0.4, 0.5) is 0 Å². The zero-order valence-corrected chi connectivity index (χ0v) is 7.04. The van der Waals surface area contributed by atoms with E-state index in [0.717, 1.165) is 0 Å². The molecule has 5 heteroatoms. The van der Waals surface area contributed by atoms with Gasteiger partial charge in [-0.25, -0.2) is 0 Å². The molecule has 0 aromatic heterocycles. The van der Waals surface area contributed by atoms with Gasteiger partial charge in [0.2, 0.25) is 0 Å². The van der Waals surface area contributed by atoms with E-state index in [1.165, 1.54) is 0 Å². The molecule has 0 heterocycles. The van der Waals surface area contributed by atoms with Gasteiger partial charge in [0, 0.05) is 13.1 Å². The second-order valence-corrected chi connectivity index (χ2v) is 2.04. The molecule has 5 nitrogen and oxygen atoms in total. The topological polar surface area (TPSA) is 73.6 Å². The fourth-order valence-corrected chi connectivity index (χ4v) is 0.580. The summed E-state index contributed by atoms with van der Waals surface area (Å²) in [5, 5.41) is 2.36. The van der Waals surface area contributed by atoms with Crippen molar-refractivity contribution in [2.75, 3.05) is 39.5 Å². The Balaban J connectivity index is 2.77. The summed E-state index contributed by atoms with van der Waals surface area (Å²) in [5.74, 6) is 0. The Labute approximate surface area is 72.2 Å². The maximum atomic E-state index is 9.65. The molecular weight excluding hydrogens is 160 g/mol. The van der Waals surface area contributed by atoms with Crippen molar-refractivity contribution in [3.63, 3.8) is 0 Å². The maximum Gasteiger partial charge on any atom is 0.309 e. The van der Waals surface area contributed by atoms with Gasteiger partial charge >= 0.3 is 6.41 Å². The summed E-state index contributed by atoms with van der Waals surface area (Å²) < 4.78 is 10.1. The van der Waals surface area contributed by atoms with Crippen molar-refractivity contribution in [1.82, 2.24) is 5.32 Å². The number of hydrogen-bond acceptors (Lipinski definition) is 4. The molecule has 12 heavy (non-hydrogen) atoms. The van der Waals surface area contributed by atoms with Crippen molar-refractivity contribution in [1.29, 1.82) is 0 Å². The standard InChI is InChI=1S/C7H15N2O3/c8-1-3-11-5-6-12-4-2-9-7-10/h1-6,8H2,(H,9,10). The Kier molecular flexibility index (Phi) is 9.79. The molecule has 1 radical (unpaired) electrons. The Bertz CT molecular complexity index is 101. The second-order valence-electron chi connectivity index (χ2n) is 2.04. The number of ether oxygens (including phenoxy) is 2. The first-order chi connectivity index (χ1) is 5.91. The van der Waals surface area contributed by atoms with Gasteiger partial charge in [-0.05, 0) is 0 Å². The van der Waals surface area contributed by atoms with Gasteiger partial charge in [-0.3, -0.25) is 4.79 Å². The van der Waals surface area contributed by atoms with Crippen LogP contribution in [0.15, 0.2) is 0 Å². The Hall–Kier alpha value is -0.650. The molecule has 0 fully saturated rings. The lowest BCUT2D eigenvalue weighted by molar-refractivity contribution is 0.0528. The van der Waals surface area contributed by atoms with Crippen molar-refractivity contribution in [2.24, 2.45) is 5.73 Å². The maximum absolute atomic E-state index is 9.65. The Morgan fingerprint density at radius 1 is 1.17 bits per heavy atom. The zero-order chi connectivity index (χ0) is 9.07. The second kappa shape index (κ2) is 10.3. The van der Waals surface area contributed by atoms with E-state index in [1.807, 2.05) is 0 Å². The van der Waals surface area contributed by atoms with Crippen LogP contribution in [0.1, 0.15) is 0 Å². The van der Waals surface area contributed by atoms with E-state index in [1.54, 1.807) is 6.41 Å². The van der Waals surface area contributed by atoms with Crippen molar-refractivity contribution >= 4 is 6.41 Å². The van der Waals surface area contributed by atoms with Gasteiger partial charge in [0.15, 0.2) is 0 Å². The van der Waals surface area contributed by atoms with Crippen molar-refractivity contribution in [3.05, 3.63) is 0 Å². The molecule has 0 aromatic carbocycles. The number of rotatable bonds is 9. The number of carbonyl (C=O) groups excluding carboxylic acids is 1. The van der Waals surface area contributed by atoms with E-state index in [-0.39, 0.29) is 0 Å². The Morgan fingerprint density at radius 3 is 2.42 bits per heavy atom. The van der Waals surface area contributed by atoms with Crippen LogP contribution in [0.5, 0.6) is 0 Å². The third-order valence-corrected chi connectivity index (χ3v) is 1.08. The van der Waals surface area contributed by atoms with Crippen molar-refractivity contribution < 1.29 is 14.3 Å². The third-order valence-electron chi connectivity index (χ3n) is 1.08. The summed E-state index contributed by atoms with van der Waals surface area (Å²) in [6.45, 7) is 3.13. The third kappa shape index (κ3) is 9.35. The average Bonchev–Trinajstić information content (AvgIpc) is 2.10. The van der Waals surface area contributed by atoms with Gasteiger partial charge in [-0.15, -0.1) is 0 Å². The summed E-state index contributed by atoms with van der Waals surface area (Å²) in [7, 11) is 0. The van der Waals surface area contributed by atoms with Gasteiger partial charge in [0.25, 0.3) is 0 Å². The molecule has 0 bridgehead atoms. The molecule has 0 aliphatic rings. The lowest BCUT2D eigenvalue weighted by Gasteiger charge is -2.03. The van der Waals surface area contributed by atoms with Crippen LogP contribution in [0, 0.1) is 0 Å². The highest BCUT2D eigenvalue weighted by molar-refractivity contribution is 5.46. The number of nitrogens with one attached hydrogen (secondary N) is 1. The van der Waals surface area contributed by atoms with E-state index < -0.39 is 0 Å². The minimum atomic E-state index is 0.486. The van der Waals surface area contributed by atoms with E-state index >= 15 is 0 Å². The quantitative estimate of drug-likeness (QED) is 0.335. The first-order valence-electron chi connectivity index (χ1n) is 3.87. The first-order valence-corrected chi connectivity index (χ1v) is 3.87. The smallest absolute Gasteiger partial charge is 0.309 e. The summed E-state index contributed by atoms with van der Waals surface area (Å²) >= 11 is 0. The summed E-state index contributed by atoms with van der Waals surface area (Å²) in [5.41, 5.74) is 5.19. The molecule has 0 rings (SSSR count). The minimum absolute atomic E-state index is 0.486. The lowest BCUT2D eigenvalue weighted by atomic mass is 10.6. The molecule has 0 aliphatic heterocycles. The van der Waals surface area contributed by atoms with Crippen LogP contribution < -0.4 is 11.1 Å². The summed E-state index contributed by atoms with van der Waals surface area (Å²) in [6.07, 6.45) is 1.55. The molecule has 0 unspecified atom stereocenters. The van der Waals surface area contributed by atoms with Gasteiger partial charge < -0.3 is 20.5 Å². The van der Waals surface area contributed by atoms with Gasteiger partial charge in [0.05, 0.1) is 26.4 Å². The van der Waals surface area contributed by atoms with Crippen LogP contribution in [-0.2, 0) is 14.3 Å². The normalized spacial score (nSPS) is 9.75. The largest absolute Gasteiger partial charge is 0.378 e. The van der Waals surface area contributed by atoms with E-state index in [2.05, 4.69) is 5.32 Å². The highest BCUT2D eigenvalue weighted by Crippen LogP contribution is 1.76. The first kappa shape index (κ1) is 11.4. The molecule has 71 valence electrons. The molecule has 0 saturated carbocycles. The molecule has 0 spiro atoms. The zero-order valence-electron chi connectivity index (χ0n) is 7.04. The monoisotopic (exact) mass is 175 g/mol. The lowest BCUT2D eigenvalue weighted by Crippen LogP contribution is -2.19. The summed E-state index contributed by atoms with van der Waals surface area (Å²) in [6, 6.07) is 0. The molecular formula is C7H15N2O3. The fraction of sp³-hybridized carbons (Fsp3) is 0.857. The number of hydrogen-bond donors (Lipinski definition) is 2. The molecule has 0 atom stereocenters. The van der Waals surface area contributed by atoms with Crippen molar-refractivity contribution in [3.8, 4) is 0 Å². The van der Waals surface area contributed by atoms with Crippen LogP contribution in [-0.4, -0.2) is 45.9 Å². The average molecular weight is 175 g/mol.